The van der Waals surface area contributed by atoms with Crippen molar-refractivity contribution in [2.24, 2.45) is 0 Å². The van der Waals surface area contributed by atoms with Gasteiger partial charge in [0.15, 0.2) is 15.6 Å². The summed E-state index contributed by atoms with van der Waals surface area (Å²) in [5, 5.41) is -0.829. The van der Waals surface area contributed by atoms with E-state index in [0.717, 1.165) is 25.5 Å². The van der Waals surface area contributed by atoms with E-state index in [1.165, 1.54) is 6.92 Å². The molecule has 0 rings (SSSR count). The largest absolute Gasteiger partial charge is 0.298 e. The third-order valence-electron chi connectivity index (χ3n) is 2.12. The van der Waals surface area contributed by atoms with E-state index in [2.05, 4.69) is 0 Å². The van der Waals surface area contributed by atoms with E-state index in [9.17, 15) is 13.2 Å². The molecular formula is C9H18O3S. The minimum Gasteiger partial charge on any atom is -0.298 e. The molecule has 0 aliphatic heterocycles. The summed E-state index contributed by atoms with van der Waals surface area (Å²) in [4.78, 5) is 11.3. The van der Waals surface area contributed by atoms with Crippen LogP contribution in [-0.2, 0) is 14.6 Å². The molecule has 0 N–H and O–H groups in total. The molecule has 13 heavy (non-hydrogen) atoms. The summed E-state index contributed by atoms with van der Waals surface area (Å²) in [6, 6.07) is 0. The Morgan fingerprint density at radius 1 is 1.31 bits per heavy atom. The molecule has 0 spiro atoms. The first-order valence-electron chi connectivity index (χ1n) is 4.61. The number of unbranched alkanes of at least 4 members (excludes halogenated alkanes) is 2. The Labute approximate surface area is 80.4 Å². The van der Waals surface area contributed by atoms with E-state index in [1.807, 2.05) is 6.92 Å². The average Bonchev–Trinajstić information content (AvgIpc) is 2.01. The molecule has 4 heteroatoms. The van der Waals surface area contributed by atoms with Gasteiger partial charge in [-0.15, -0.1) is 0 Å². The highest BCUT2D eigenvalue weighted by Gasteiger charge is 2.22. The van der Waals surface area contributed by atoms with Crippen molar-refractivity contribution in [3.8, 4) is 0 Å². The van der Waals surface area contributed by atoms with Gasteiger partial charge in [0.2, 0.25) is 0 Å². The summed E-state index contributed by atoms with van der Waals surface area (Å²) in [6.45, 7) is 3.51. The highest BCUT2D eigenvalue weighted by Crippen LogP contribution is 2.07. The fourth-order valence-corrected chi connectivity index (χ4v) is 1.59. The van der Waals surface area contributed by atoms with Crippen LogP contribution in [0.15, 0.2) is 0 Å². The number of carbonyl (C=O) groups is 1. The summed E-state index contributed by atoms with van der Waals surface area (Å²) >= 11 is 0. The fourth-order valence-electron chi connectivity index (χ4n) is 0.991. The van der Waals surface area contributed by atoms with Gasteiger partial charge in [-0.3, -0.25) is 4.79 Å². The quantitative estimate of drug-likeness (QED) is 0.620. The molecule has 0 aliphatic rings. The number of ketones is 1. The summed E-state index contributed by atoms with van der Waals surface area (Å²) in [5.41, 5.74) is 0. The van der Waals surface area contributed by atoms with Crippen molar-refractivity contribution in [3.63, 3.8) is 0 Å². The van der Waals surface area contributed by atoms with Crippen LogP contribution in [0.5, 0.6) is 0 Å². The minimum absolute atomic E-state index is 0.157. The van der Waals surface area contributed by atoms with E-state index in [4.69, 9.17) is 0 Å². The lowest BCUT2D eigenvalue weighted by Gasteiger charge is -2.07. The van der Waals surface area contributed by atoms with Gasteiger partial charge in [0.1, 0.15) is 5.25 Å². The Morgan fingerprint density at radius 2 is 1.85 bits per heavy atom. The molecule has 0 fully saturated rings. The van der Waals surface area contributed by atoms with Crippen molar-refractivity contribution in [1.29, 1.82) is 0 Å². The van der Waals surface area contributed by atoms with Gasteiger partial charge in [-0.1, -0.05) is 19.8 Å². The van der Waals surface area contributed by atoms with Gasteiger partial charge < -0.3 is 0 Å². The van der Waals surface area contributed by atoms with Gasteiger partial charge in [-0.2, -0.15) is 0 Å². The Morgan fingerprint density at radius 3 is 2.23 bits per heavy atom. The highest BCUT2D eigenvalue weighted by atomic mass is 32.2. The lowest BCUT2D eigenvalue weighted by Crippen LogP contribution is -2.25. The number of rotatable bonds is 6. The van der Waals surface area contributed by atoms with Crippen LogP contribution in [0.25, 0.3) is 0 Å². The number of Topliss-reactive ketones (excluding diaryl/α,β-unsaturated/α-hetero) is 1. The molecule has 78 valence electrons. The SMILES string of the molecule is CCCCCC(=O)C(C)S(C)(=O)=O. The molecule has 1 unspecified atom stereocenters. The van der Waals surface area contributed by atoms with Crippen LogP contribution in [0, 0.1) is 0 Å². The van der Waals surface area contributed by atoms with Crippen LogP contribution in [0.4, 0.5) is 0 Å². The minimum atomic E-state index is -3.19. The van der Waals surface area contributed by atoms with Crippen molar-refractivity contribution in [2.75, 3.05) is 6.26 Å². The first-order valence-corrected chi connectivity index (χ1v) is 6.56. The maximum Gasteiger partial charge on any atom is 0.157 e. The number of sulfone groups is 1. The Bertz CT molecular complexity index is 254. The second-order valence-electron chi connectivity index (χ2n) is 3.40. The lowest BCUT2D eigenvalue weighted by atomic mass is 10.1. The predicted molar refractivity (Wildman–Crippen MR) is 53.5 cm³/mol. The molecule has 0 amide bonds. The molecule has 0 aromatic rings. The second kappa shape index (κ2) is 5.37. The van der Waals surface area contributed by atoms with Crippen molar-refractivity contribution in [1.82, 2.24) is 0 Å². The summed E-state index contributed by atoms with van der Waals surface area (Å²) < 4.78 is 22.0. The van der Waals surface area contributed by atoms with Gasteiger partial charge >= 0.3 is 0 Å². The lowest BCUT2D eigenvalue weighted by molar-refractivity contribution is -0.118. The van der Waals surface area contributed by atoms with Gasteiger partial charge in [0.05, 0.1) is 0 Å². The molecule has 3 nitrogen and oxygen atoms in total. The van der Waals surface area contributed by atoms with Crippen molar-refractivity contribution in [2.45, 2.75) is 44.8 Å². The Hall–Kier alpha value is -0.380. The van der Waals surface area contributed by atoms with E-state index in [-0.39, 0.29) is 5.78 Å². The van der Waals surface area contributed by atoms with Gasteiger partial charge in [-0.25, -0.2) is 8.42 Å². The number of hydrogen-bond donors (Lipinski definition) is 0. The number of carbonyl (C=O) groups excluding carboxylic acids is 1. The van der Waals surface area contributed by atoms with Crippen molar-refractivity contribution >= 4 is 15.6 Å². The van der Waals surface area contributed by atoms with Crippen LogP contribution < -0.4 is 0 Å². The van der Waals surface area contributed by atoms with Crippen molar-refractivity contribution < 1.29 is 13.2 Å². The Kier molecular flexibility index (Phi) is 5.21. The van der Waals surface area contributed by atoms with Gasteiger partial charge in [-0.05, 0) is 13.3 Å². The van der Waals surface area contributed by atoms with Crippen LogP contribution >= 0.6 is 0 Å². The highest BCUT2D eigenvalue weighted by molar-refractivity contribution is 7.92. The van der Waals surface area contributed by atoms with Crippen LogP contribution in [0.1, 0.15) is 39.5 Å². The molecule has 0 saturated carbocycles. The zero-order chi connectivity index (χ0) is 10.5. The molecule has 0 radical (unpaired) electrons. The Balaban J connectivity index is 3.99. The molecule has 0 aliphatic carbocycles. The monoisotopic (exact) mass is 206 g/mol. The van der Waals surface area contributed by atoms with Crippen LogP contribution in [0.2, 0.25) is 0 Å². The topological polar surface area (TPSA) is 51.2 Å². The number of hydrogen-bond acceptors (Lipinski definition) is 3. The standard InChI is InChI=1S/C9H18O3S/c1-4-5-6-7-9(10)8(2)13(3,11)12/h8H,4-7H2,1-3H3. The molecule has 0 saturated heterocycles. The molecule has 0 aromatic heterocycles. The summed E-state index contributed by atoms with van der Waals surface area (Å²) in [5.74, 6) is -0.157. The summed E-state index contributed by atoms with van der Waals surface area (Å²) in [7, 11) is -3.19. The third kappa shape index (κ3) is 5.03. The maximum atomic E-state index is 11.3. The molecular weight excluding hydrogens is 188 g/mol. The molecule has 0 heterocycles. The fraction of sp³-hybridized carbons (Fsp3) is 0.889. The average molecular weight is 206 g/mol. The van der Waals surface area contributed by atoms with Crippen LogP contribution in [0.3, 0.4) is 0 Å². The van der Waals surface area contributed by atoms with E-state index in [0.29, 0.717) is 6.42 Å². The molecule has 0 bridgehead atoms. The smallest absolute Gasteiger partial charge is 0.157 e. The van der Waals surface area contributed by atoms with E-state index >= 15 is 0 Å². The van der Waals surface area contributed by atoms with E-state index < -0.39 is 15.1 Å². The molecule has 0 aromatic carbocycles. The predicted octanol–water partition coefficient (Wildman–Crippen LogP) is 1.57. The van der Waals surface area contributed by atoms with Gasteiger partial charge in [0.25, 0.3) is 0 Å². The van der Waals surface area contributed by atoms with E-state index in [1.54, 1.807) is 0 Å². The second-order valence-corrected chi connectivity index (χ2v) is 5.76. The third-order valence-corrected chi connectivity index (χ3v) is 3.67. The normalized spacial score (nSPS) is 14.1. The zero-order valence-corrected chi connectivity index (χ0v) is 9.36. The summed E-state index contributed by atoms with van der Waals surface area (Å²) in [6.07, 6.45) is 4.33. The maximum absolute atomic E-state index is 11.3. The van der Waals surface area contributed by atoms with Crippen LogP contribution in [-0.4, -0.2) is 25.7 Å². The molecule has 1 atom stereocenters. The van der Waals surface area contributed by atoms with Gasteiger partial charge in [0, 0.05) is 12.7 Å². The first kappa shape index (κ1) is 12.6. The first-order chi connectivity index (χ1) is 5.89. The zero-order valence-electron chi connectivity index (χ0n) is 8.54. The van der Waals surface area contributed by atoms with Crippen molar-refractivity contribution in [3.05, 3.63) is 0 Å².